The Morgan fingerprint density at radius 3 is 2.37 bits per heavy atom. The molecule has 2 amide bonds. The Balaban J connectivity index is 1.76. The Morgan fingerprint density at radius 1 is 1.09 bits per heavy atom. The molecule has 1 aliphatic heterocycles. The number of hydrogen-bond acceptors (Lipinski definition) is 10. The SMILES string of the molecule is CCOc1ccc(N(C(=O)OC(C)(C)C)c2c(C)c(NC3C/C(=C/OO)N(C(=O)OC(C)(C)C)C3)nc3ccnn23)cc1. The van der Waals surface area contributed by atoms with Gasteiger partial charge in [0.15, 0.2) is 11.5 Å². The molecule has 1 saturated heterocycles. The van der Waals surface area contributed by atoms with Crippen LogP contribution in [0.15, 0.2) is 48.5 Å². The summed E-state index contributed by atoms with van der Waals surface area (Å²) < 4.78 is 18.6. The number of likely N-dealkylation sites (tertiary alicyclic amines) is 1. The molecule has 1 atom stereocenters. The predicted octanol–water partition coefficient (Wildman–Crippen LogP) is 6.26. The molecule has 43 heavy (non-hydrogen) atoms. The molecule has 0 saturated carbocycles. The smallest absolute Gasteiger partial charge is 0.420 e. The number of anilines is 3. The van der Waals surface area contributed by atoms with Crippen molar-refractivity contribution in [2.45, 2.75) is 79.1 Å². The molecule has 13 heteroatoms. The number of aromatic nitrogens is 3. The lowest BCUT2D eigenvalue weighted by Gasteiger charge is -2.29. The number of nitrogens with zero attached hydrogens (tertiary/aromatic N) is 5. The highest BCUT2D eigenvalue weighted by molar-refractivity contribution is 5.97. The van der Waals surface area contributed by atoms with Gasteiger partial charge in [-0.2, -0.15) is 9.61 Å². The average Bonchev–Trinajstić information content (AvgIpc) is 3.52. The van der Waals surface area contributed by atoms with E-state index in [0.717, 1.165) is 6.26 Å². The van der Waals surface area contributed by atoms with Crippen molar-refractivity contribution >= 4 is 35.2 Å². The lowest BCUT2D eigenvalue weighted by molar-refractivity contribution is -0.188. The van der Waals surface area contributed by atoms with Crippen molar-refractivity contribution < 1.29 is 33.9 Å². The molecule has 4 rings (SSSR count). The van der Waals surface area contributed by atoms with Crippen LogP contribution in [0.1, 0.15) is 60.5 Å². The first kappa shape index (κ1) is 31.4. The van der Waals surface area contributed by atoms with Crippen LogP contribution in [0.2, 0.25) is 0 Å². The second-order valence-corrected chi connectivity index (χ2v) is 12.1. The lowest BCUT2D eigenvalue weighted by Crippen LogP contribution is -2.36. The van der Waals surface area contributed by atoms with Crippen LogP contribution in [0, 0.1) is 6.92 Å². The zero-order chi connectivity index (χ0) is 31.5. The van der Waals surface area contributed by atoms with Crippen molar-refractivity contribution in [2.24, 2.45) is 0 Å². The minimum Gasteiger partial charge on any atom is -0.494 e. The van der Waals surface area contributed by atoms with Crippen molar-refractivity contribution in [1.29, 1.82) is 0 Å². The zero-order valence-electron chi connectivity index (χ0n) is 25.9. The van der Waals surface area contributed by atoms with Crippen molar-refractivity contribution in [2.75, 3.05) is 23.4 Å². The highest BCUT2D eigenvalue weighted by Crippen LogP contribution is 2.36. The number of benzene rings is 1. The fourth-order valence-corrected chi connectivity index (χ4v) is 4.63. The first-order chi connectivity index (χ1) is 20.2. The molecule has 0 spiro atoms. The third-order valence-corrected chi connectivity index (χ3v) is 6.28. The first-order valence-electron chi connectivity index (χ1n) is 14.1. The molecule has 1 aliphatic rings. The quantitative estimate of drug-likeness (QED) is 0.182. The summed E-state index contributed by atoms with van der Waals surface area (Å²) in [4.78, 5) is 38.6. The Morgan fingerprint density at radius 2 is 1.77 bits per heavy atom. The summed E-state index contributed by atoms with van der Waals surface area (Å²) in [7, 11) is 0. The van der Waals surface area contributed by atoms with E-state index in [-0.39, 0.29) is 12.6 Å². The van der Waals surface area contributed by atoms with Crippen LogP contribution in [0.4, 0.5) is 26.9 Å². The number of hydrogen-bond donors (Lipinski definition) is 2. The molecule has 0 aliphatic carbocycles. The van der Waals surface area contributed by atoms with E-state index < -0.39 is 23.4 Å². The average molecular weight is 597 g/mol. The summed E-state index contributed by atoms with van der Waals surface area (Å²) in [6.07, 6.45) is 1.86. The van der Waals surface area contributed by atoms with Gasteiger partial charge in [0.1, 0.15) is 29.0 Å². The van der Waals surface area contributed by atoms with Crippen LogP contribution in [0.25, 0.3) is 5.65 Å². The van der Waals surface area contributed by atoms with Crippen LogP contribution in [0.3, 0.4) is 0 Å². The number of fused-ring (bicyclic) bond motifs is 1. The summed E-state index contributed by atoms with van der Waals surface area (Å²) >= 11 is 0. The molecule has 1 unspecified atom stereocenters. The van der Waals surface area contributed by atoms with E-state index in [1.807, 2.05) is 13.8 Å². The number of ether oxygens (including phenoxy) is 3. The molecule has 0 radical (unpaired) electrons. The summed E-state index contributed by atoms with van der Waals surface area (Å²) in [5.74, 6) is 1.56. The molecule has 13 nitrogen and oxygen atoms in total. The van der Waals surface area contributed by atoms with Crippen LogP contribution in [-0.2, 0) is 14.4 Å². The van der Waals surface area contributed by atoms with E-state index in [0.29, 0.717) is 53.0 Å². The van der Waals surface area contributed by atoms with Crippen LogP contribution < -0.4 is 15.0 Å². The number of carbonyl (C=O) groups is 2. The molecule has 3 aromatic rings. The van der Waals surface area contributed by atoms with E-state index in [2.05, 4.69) is 15.3 Å². The Bertz CT molecular complexity index is 1490. The van der Waals surface area contributed by atoms with Gasteiger partial charge in [0.05, 0.1) is 30.2 Å². The van der Waals surface area contributed by atoms with Crippen LogP contribution >= 0.6 is 0 Å². The molecule has 232 valence electrons. The van der Waals surface area contributed by atoms with Gasteiger partial charge in [-0.1, -0.05) is 0 Å². The van der Waals surface area contributed by atoms with Gasteiger partial charge in [-0.15, -0.1) is 0 Å². The maximum absolute atomic E-state index is 13.8. The van der Waals surface area contributed by atoms with Crippen molar-refractivity contribution in [3.05, 3.63) is 54.1 Å². The number of amides is 2. The predicted molar refractivity (Wildman–Crippen MR) is 160 cm³/mol. The van der Waals surface area contributed by atoms with Gasteiger partial charge >= 0.3 is 12.2 Å². The van der Waals surface area contributed by atoms with Gasteiger partial charge in [-0.3, -0.25) is 4.90 Å². The van der Waals surface area contributed by atoms with Gasteiger partial charge in [-0.05, 0) is 79.7 Å². The fourth-order valence-electron chi connectivity index (χ4n) is 4.63. The summed E-state index contributed by atoms with van der Waals surface area (Å²) in [5, 5.41) is 17.0. The van der Waals surface area contributed by atoms with E-state index in [4.69, 9.17) is 24.5 Å². The number of carbonyl (C=O) groups excluding carboxylic acids is 2. The monoisotopic (exact) mass is 596 g/mol. The molecule has 3 heterocycles. The Hall–Kier alpha value is -4.52. The fraction of sp³-hybridized carbons (Fsp3) is 0.467. The van der Waals surface area contributed by atoms with Crippen molar-refractivity contribution in [3.63, 3.8) is 0 Å². The largest absolute Gasteiger partial charge is 0.494 e. The second kappa shape index (κ2) is 12.4. The minimum atomic E-state index is -0.766. The number of nitrogens with one attached hydrogen (secondary N) is 1. The molecular weight excluding hydrogens is 556 g/mol. The van der Waals surface area contributed by atoms with E-state index in [9.17, 15) is 9.59 Å². The molecular formula is C30H40N6O7. The maximum Gasteiger partial charge on any atom is 0.420 e. The highest BCUT2D eigenvalue weighted by atomic mass is 17.1. The molecule has 1 fully saturated rings. The van der Waals surface area contributed by atoms with Crippen molar-refractivity contribution in [1.82, 2.24) is 19.5 Å². The van der Waals surface area contributed by atoms with E-state index >= 15 is 0 Å². The van der Waals surface area contributed by atoms with Gasteiger partial charge in [0.2, 0.25) is 0 Å². The van der Waals surface area contributed by atoms with E-state index in [1.165, 1.54) is 9.80 Å². The third kappa shape index (κ3) is 7.47. The van der Waals surface area contributed by atoms with Gasteiger partial charge in [-0.25, -0.2) is 24.7 Å². The maximum atomic E-state index is 13.8. The summed E-state index contributed by atoms with van der Waals surface area (Å²) in [5.41, 5.74) is 0.590. The number of rotatable bonds is 7. The first-order valence-corrected chi connectivity index (χ1v) is 14.1. The van der Waals surface area contributed by atoms with Crippen molar-refractivity contribution in [3.8, 4) is 5.75 Å². The van der Waals surface area contributed by atoms with Crippen LogP contribution in [0.5, 0.6) is 5.75 Å². The summed E-state index contributed by atoms with van der Waals surface area (Å²) in [6.45, 7) is 15.2. The van der Waals surface area contributed by atoms with Gasteiger partial charge < -0.3 is 24.4 Å². The summed E-state index contributed by atoms with van der Waals surface area (Å²) in [6, 6.07) is 8.53. The normalized spacial score (nSPS) is 16.3. The molecule has 0 bridgehead atoms. The third-order valence-electron chi connectivity index (χ3n) is 6.28. The Kier molecular flexibility index (Phi) is 9.04. The lowest BCUT2D eigenvalue weighted by atomic mass is 10.2. The standard InChI is InChI=1S/C30H40N6O7/c1-9-40-23-12-10-21(11-13-23)35(28(38)43-30(6,7)8)26-19(2)25(33-24-14-15-31-36(24)26)32-20-16-22(18-41-39)34(17-20)27(37)42-29(3,4)5/h10-15,18,20,39H,9,16-17H2,1-8H3,(H,32,33)/b22-18-. The molecule has 1 aromatic carbocycles. The molecule has 2 aromatic heterocycles. The van der Waals surface area contributed by atoms with Gasteiger partial charge in [0.25, 0.3) is 0 Å². The van der Waals surface area contributed by atoms with E-state index in [1.54, 1.807) is 82.6 Å². The highest BCUT2D eigenvalue weighted by Gasteiger charge is 2.36. The molecule has 2 N–H and O–H groups in total. The zero-order valence-corrected chi connectivity index (χ0v) is 25.9. The minimum absolute atomic E-state index is 0.222. The second-order valence-electron chi connectivity index (χ2n) is 12.1. The topological polar surface area (TPSA) is 140 Å². The van der Waals surface area contributed by atoms with Gasteiger partial charge in [0, 0.05) is 24.6 Å². The Labute approximate surface area is 250 Å². The van der Waals surface area contributed by atoms with Crippen LogP contribution in [-0.4, -0.2) is 67.3 Å².